The third kappa shape index (κ3) is 8.73. The Kier molecular flexibility index (Phi) is 11.9. The van der Waals surface area contributed by atoms with Gasteiger partial charge in [0, 0.05) is 49.2 Å². The Morgan fingerprint density at radius 3 is 2.53 bits per heavy atom. The Morgan fingerprint density at radius 1 is 1.04 bits per heavy atom. The molecule has 2 amide bonds. The molecular formula is C40H53N4O7+. The Morgan fingerprint density at radius 2 is 1.80 bits per heavy atom. The number of carbonyl (C=O) groups excluding carboxylic acids is 2. The van der Waals surface area contributed by atoms with E-state index in [2.05, 4.69) is 16.0 Å². The molecule has 1 unspecified atom stereocenters. The predicted octanol–water partition coefficient (Wildman–Crippen LogP) is 4.82. The van der Waals surface area contributed by atoms with Crippen LogP contribution < -0.4 is 20.7 Å². The molecule has 1 saturated carbocycles. The number of aliphatic hydroxyl groups excluding tert-OH is 1. The number of methoxy groups -OCH3 is 1. The molecule has 3 atom stereocenters. The quantitative estimate of drug-likeness (QED) is 0.0667. The standard InChI is InChI=1S/C40H52N4O7/c1-50-37-22-33(13-11-30(37)23-41-24-36(47)29-12-14-35(46)34(21-29)42-27-45)43-39(48)17-20-44-18-15-28(16-19-44)38(25-44)51-26-40(49,32-9-5-6-10-32)31-7-3-2-4-8-31/h2-4,7-8,11-14,21-22,27-28,32,36,38,41,47,49H,5-6,9-10,15-20,23-26H2,1H3,(H2-,42,43,45,46,48)/p+1/t28?,36-,38-,40?,44?/m0/s1. The molecule has 3 heterocycles. The number of amides is 2. The smallest absolute Gasteiger partial charge is 0.230 e. The van der Waals surface area contributed by atoms with Gasteiger partial charge in [0.05, 0.1) is 51.6 Å². The van der Waals surface area contributed by atoms with Crippen LogP contribution in [0.25, 0.3) is 0 Å². The maximum Gasteiger partial charge on any atom is 0.230 e. The maximum absolute atomic E-state index is 13.2. The highest BCUT2D eigenvalue weighted by molar-refractivity contribution is 5.91. The SMILES string of the molecule is COc1cc(NC(=O)CC[N+]23CCC(CC2)[C@@H](OCC(O)(c2ccccc2)C2CCCC2)C3)ccc1CNC[C@H](O)c1ccc(O)c(NC=O)c1. The number of quaternary nitrogens is 1. The van der Waals surface area contributed by atoms with Gasteiger partial charge in [-0.15, -0.1) is 0 Å². The van der Waals surface area contributed by atoms with Gasteiger partial charge in [0.15, 0.2) is 0 Å². The zero-order valence-electron chi connectivity index (χ0n) is 29.6. The second kappa shape index (κ2) is 16.6. The van der Waals surface area contributed by atoms with E-state index < -0.39 is 11.7 Å². The average Bonchev–Trinajstić information content (AvgIpc) is 3.71. The first-order chi connectivity index (χ1) is 24.7. The van der Waals surface area contributed by atoms with Crippen LogP contribution >= 0.6 is 0 Å². The minimum atomic E-state index is -0.975. The van der Waals surface area contributed by atoms with E-state index in [0.29, 0.717) is 48.9 Å². The molecule has 51 heavy (non-hydrogen) atoms. The summed E-state index contributed by atoms with van der Waals surface area (Å²) in [7, 11) is 1.58. The van der Waals surface area contributed by atoms with Gasteiger partial charge in [0.25, 0.3) is 0 Å². The van der Waals surface area contributed by atoms with Gasteiger partial charge in [-0.05, 0) is 48.1 Å². The van der Waals surface area contributed by atoms with Crippen LogP contribution in [0.5, 0.6) is 11.5 Å². The summed E-state index contributed by atoms with van der Waals surface area (Å²) in [6, 6.07) is 20.2. The summed E-state index contributed by atoms with van der Waals surface area (Å²) >= 11 is 0. The van der Waals surface area contributed by atoms with Gasteiger partial charge in [-0.1, -0.05) is 55.3 Å². The van der Waals surface area contributed by atoms with Crippen molar-refractivity contribution in [1.29, 1.82) is 0 Å². The van der Waals surface area contributed by atoms with Crippen LogP contribution in [-0.4, -0.2) is 84.7 Å². The fourth-order valence-electron chi connectivity index (χ4n) is 8.46. The zero-order valence-corrected chi connectivity index (χ0v) is 29.6. The number of carbonyl (C=O) groups is 2. The van der Waals surface area contributed by atoms with Gasteiger partial charge in [-0.3, -0.25) is 9.59 Å². The van der Waals surface area contributed by atoms with Crippen molar-refractivity contribution in [2.75, 3.05) is 57.1 Å². The summed E-state index contributed by atoms with van der Waals surface area (Å²) in [5, 5.41) is 41.2. The monoisotopic (exact) mass is 701 g/mol. The molecule has 7 rings (SSSR count). The van der Waals surface area contributed by atoms with Gasteiger partial charge in [-0.25, -0.2) is 0 Å². The highest BCUT2D eigenvalue weighted by Crippen LogP contribution is 2.43. The molecule has 4 fully saturated rings. The molecule has 3 aromatic rings. The second-order valence-electron chi connectivity index (χ2n) is 14.7. The molecule has 3 aromatic carbocycles. The molecular weight excluding hydrogens is 648 g/mol. The number of phenolic OH excluding ortho intramolecular Hbond substituents is 1. The fraction of sp³-hybridized carbons (Fsp3) is 0.500. The van der Waals surface area contributed by atoms with Crippen LogP contribution in [0, 0.1) is 11.8 Å². The minimum Gasteiger partial charge on any atom is -0.506 e. The summed E-state index contributed by atoms with van der Waals surface area (Å²) in [5.74, 6) is 1.21. The number of hydrogen-bond donors (Lipinski definition) is 6. The van der Waals surface area contributed by atoms with Gasteiger partial charge in [-0.2, -0.15) is 0 Å². The third-order valence-electron chi connectivity index (χ3n) is 11.5. The zero-order chi connectivity index (χ0) is 35.8. The van der Waals surface area contributed by atoms with Gasteiger partial charge in [0.2, 0.25) is 12.3 Å². The molecule has 11 nitrogen and oxygen atoms in total. The lowest BCUT2D eigenvalue weighted by atomic mass is 9.80. The van der Waals surface area contributed by atoms with Crippen molar-refractivity contribution in [2.45, 2.75) is 69.3 Å². The molecule has 274 valence electrons. The number of phenols is 1. The normalized spacial score (nSPS) is 23.4. The Balaban J connectivity index is 0.994. The van der Waals surface area contributed by atoms with E-state index in [4.69, 9.17) is 9.47 Å². The Bertz CT molecular complexity index is 1620. The van der Waals surface area contributed by atoms with Crippen LogP contribution in [0.4, 0.5) is 11.4 Å². The molecule has 1 aliphatic carbocycles. The summed E-state index contributed by atoms with van der Waals surface area (Å²) in [5.41, 5.74) is 2.28. The van der Waals surface area contributed by atoms with Crippen molar-refractivity contribution in [1.82, 2.24) is 5.32 Å². The summed E-state index contributed by atoms with van der Waals surface area (Å²) in [4.78, 5) is 24.0. The number of anilines is 2. The average molecular weight is 702 g/mol. The number of rotatable bonds is 17. The molecule has 0 spiro atoms. The van der Waals surface area contributed by atoms with E-state index in [1.807, 2.05) is 48.5 Å². The molecule has 6 N–H and O–H groups in total. The lowest BCUT2D eigenvalue weighted by Crippen LogP contribution is -2.65. The summed E-state index contributed by atoms with van der Waals surface area (Å²) in [6.07, 6.45) is 6.61. The van der Waals surface area contributed by atoms with Crippen molar-refractivity contribution in [3.05, 3.63) is 83.4 Å². The molecule has 3 aliphatic heterocycles. The van der Waals surface area contributed by atoms with E-state index in [0.717, 1.165) is 80.3 Å². The number of piperidine rings is 3. The molecule has 3 saturated heterocycles. The van der Waals surface area contributed by atoms with Crippen molar-refractivity contribution in [3.8, 4) is 11.5 Å². The number of ether oxygens (including phenoxy) is 2. The molecule has 4 aliphatic rings. The van der Waals surface area contributed by atoms with Crippen LogP contribution in [0.15, 0.2) is 66.7 Å². The van der Waals surface area contributed by atoms with Gasteiger partial charge in [0.1, 0.15) is 29.7 Å². The first kappa shape index (κ1) is 36.8. The predicted molar refractivity (Wildman–Crippen MR) is 195 cm³/mol. The van der Waals surface area contributed by atoms with E-state index in [9.17, 15) is 24.9 Å². The van der Waals surface area contributed by atoms with E-state index in [1.165, 1.54) is 12.1 Å². The topological polar surface area (TPSA) is 149 Å². The van der Waals surface area contributed by atoms with Crippen molar-refractivity contribution < 1.29 is 38.9 Å². The lowest BCUT2D eigenvalue weighted by Gasteiger charge is -2.52. The van der Waals surface area contributed by atoms with Crippen LogP contribution in [-0.2, 0) is 26.5 Å². The maximum atomic E-state index is 13.2. The first-order valence-electron chi connectivity index (χ1n) is 18.4. The van der Waals surface area contributed by atoms with Gasteiger partial charge >= 0.3 is 0 Å². The largest absolute Gasteiger partial charge is 0.506 e. The van der Waals surface area contributed by atoms with Crippen LogP contribution in [0.2, 0.25) is 0 Å². The lowest BCUT2D eigenvalue weighted by molar-refractivity contribution is -0.946. The molecule has 0 aromatic heterocycles. The number of nitrogens with zero attached hydrogens (tertiary/aromatic N) is 1. The van der Waals surface area contributed by atoms with E-state index >= 15 is 0 Å². The number of aromatic hydroxyl groups is 1. The number of aliphatic hydroxyl groups is 2. The second-order valence-corrected chi connectivity index (χ2v) is 14.7. The number of nitrogens with one attached hydrogen (secondary N) is 3. The summed E-state index contributed by atoms with van der Waals surface area (Å²) in [6.45, 7) is 4.69. The Hall–Kier alpha value is -4.00. The molecule has 11 heteroatoms. The number of hydrogen-bond acceptors (Lipinski definition) is 8. The highest BCUT2D eigenvalue weighted by Gasteiger charge is 2.48. The first-order valence-corrected chi connectivity index (χ1v) is 18.4. The third-order valence-corrected chi connectivity index (χ3v) is 11.5. The summed E-state index contributed by atoms with van der Waals surface area (Å²) < 4.78 is 13.2. The minimum absolute atomic E-state index is 0.0410. The van der Waals surface area contributed by atoms with Crippen LogP contribution in [0.1, 0.15) is 67.7 Å². The van der Waals surface area contributed by atoms with Gasteiger partial charge < -0.3 is 45.2 Å². The molecule has 2 bridgehead atoms. The van der Waals surface area contributed by atoms with Crippen LogP contribution in [0.3, 0.4) is 0 Å². The van der Waals surface area contributed by atoms with E-state index in [1.54, 1.807) is 13.2 Å². The highest BCUT2D eigenvalue weighted by atomic mass is 16.5. The van der Waals surface area contributed by atoms with Crippen molar-refractivity contribution >= 4 is 23.7 Å². The van der Waals surface area contributed by atoms with E-state index in [-0.39, 0.29) is 35.9 Å². The Labute approximate surface area is 300 Å². The van der Waals surface area contributed by atoms with Crippen molar-refractivity contribution in [3.63, 3.8) is 0 Å². The number of fused-ring (bicyclic) bond motifs is 3. The number of benzene rings is 3. The fourth-order valence-corrected chi connectivity index (χ4v) is 8.46. The van der Waals surface area contributed by atoms with Crippen molar-refractivity contribution in [2.24, 2.45) is 11.8 Å². The molecule has 0 radical (unpaired) electrons.